The molecule has 17 heteroatoms. The highest BCUT2D eigenvalue weighted by Crippen LogP contribution is 2.38. The number of unbranched alkanes of at least 4 members (excludes halogenated alkanes) is 2. The van der Waals surface area contributed by atoms with E-state index in [4.69, 9.17) is 26.8 Å². The first kappa shape index (κ1) is 41.1. The third kappa shape index (κ3) is 10.1. The van der Waals surface area contributed by atoms with Crippen molar-refractivity contribution in [2.75, 3.05) is 56.5 Å². The summed E-state index contributed by atoms with van der Waals surface area (Å²) in [7, 11) is 0. The first-order chi connectivity index (χ1) is 27.3. The summed E-state index contributed by atoms with van der Waals surface area (Å²) in [6, 6.07) is 17.9. The maximum absolute atomic E-state index is 14.1. The molecular formula is C40H45ClF3N7O6. The average Bonchev–Trinajstić information content (AvgIpc) is 3.61. The van der Waals surface area contributed by atoms with Gasteiger partial charge in [-0.25, -0.2) is 19.1 Å². The summed E-state index contributed by atoms with van der Waals surface area (Å²) in [5.74, 6) is -0.542. The highest BCUT2D eigenvalue weighted by atomic mass is 35.5. The molecule has 3 heterocycles. The number of nitrogen functional groups attached to an aromatic ring is 1. The van der Waals surface area contributed by atoms with Crippen LogP contribution in [0.15, 0.2) is 71.5 Å². The van der Waals surface area contributed by atoms with Crippen LogP contribution in [0.25, 0.3) is 11.4 Å². The number of piperidine rings is 1. The SMILES string of the molecule is CCCCCOC(=O)c1ccc(N2CCN(C(=O)[C@@H](Cc3cc(Cl)c(N)c(C(F)(F)F)c3)OC(=O)N3CCC(n4nc(-c5ccccc5)[nH]c4=O)CC3)CC2)cc1. The summed E-state index contributed by atoms with van der Waals surface area (Å²) < 4.78 is 54.1. The van der Waals surface area contributed by atoms with E-state index in [1.165, 1.54) is 20.5 Å². The van der Waals surface area contributed by atoms with Crippen LogP contribution in [0, 0.1) is 0 Å². The van der Waals surface area contributed by atoms with Crippen LogP contribution < -0.4 is 16.3 Å². The number of carbonyl (C=O) groups is 3. The number of alkyl halides is 3. The number of hydrogen-bond donors (Lipinski definition) is 2. The second kappa shape index (κ2) is 18.2. The Kier molecular flexibility index (Phi) is 13.1. The number of nitrogens with zero attached hydrogens (tertiary/aromatic N) is 5. The van der Waals surface area contributed by atoms with E-state index in [0.29, 0.717) is 43.9 Å². The number of anilines is 2. The Bertz CT molecular complexity index is 2080. The van der Waals surface area contributed by atoms with Crippen molar-refractivity contribution in [3.63, 3.8) is 0 Å². The maximum atomic E-state index is 14.1. The molecule has 6 rings (SSSR count). The highest BCUT2D eigenvalue weighted by Gasteiger charge is 2.37. The first-order valence-electron chi connectivity index (χ1n) is 19.0. The van der Waals surface area contributed by atoms with Gasteiger partial charge >= 0.3 is 23.9 Å². The molecule has 2 amide bonds. The monoisotopic (exact) mass is 811 g/mol. The Labute approximate surface area is 332 Å². The number of amides is 2. The number of hydrogen-bond acceptors (Lipinski definition) is 9. The van der Waals surface area contributed by atoms with Gasteiger partial charge in [0.1, 0.15) is 0 Å². The molecule has 2 fully saturated rings. The number of aromatic amines is 1. The van der Waals surface area contributed by atoms with Crippen molar-refractivity contribution in [3.8, 4) is 11.4 Å². The summed E-state index contributed by atoms with van der Waals surface area (Å²) in [5, 5.41) is 4.13. The van der Waals surface area contributed by atoms with E-state index in [0.717, 1.165) is 36.6 Å². The number of likely N-dealkylation sites (tertiary alicyclic amines) is 1. The van der Waals surface area contributed by atoms with E-state index in [-0.39, 0.29) is 54.9 Å². The fourth-order valence-corrected chi connectivity index (χ4v) is 7.26. The topological polar surface area (TPSA) is 156 Å². The first-order valence-corrected chi connectivity index (χ1v) is 19.4. The van der Waals surface area contributed by atoms with E-state index in [2.05, 4.69) is 17.0 Å². The Morgan fingerprint density at radius 1 is 0.947 bits per heavy atom. The smallest absolute Gasteiger partial charge is 0.418 e. The molecule has 3 N–H and O–H groups in total. The number of ether oxygens (including phenoxy) is 2. The molecule has 4 aromatic rings. The van der Waals surface area contributed by atoms with Crippen LogP contribution in [0.2, 0.25) is 5.02 Å². The van der Waals surface area contributed by atoms with E-state index in [1.807, 2.05) is 47.4 Å². The number of nitrogens with one attached hydrogen (secondary N) is 1. The second-order valence-electron chi connectivity index (χ2n) is 14.1. The predicted octanol–water partition coefficient (Wildman–Crippen LogP) is 6.57. The van der Waals surface area contributed by atoms with Gasteiger partial charge < -0.3 is 29.9 Å². The molecule has 2 aliphatic heterocycles. The van der Waals surface area contributed by atoms with Gasteiger partial charge in [0.05, 0.1) is 34.5 Å². The largest absolute Gasteiger partial charge is 0.462 e. The lowest BCUT2D eigenvalue weighted by molar-refractivity contribution is -0.141. The van der Waals surface area contributed by atoms with Crippen LogP contribution >= 0.6 is 11.6 Å². The van der Waals surface area contributed by atoms with Gasteiger partial charge in [-0.2, -0.15) is 13.2 Å². The number of nitrogens with two attached hydrogens (primary N) is 1. The van der Waals surface area contributed by atoms with E-state index < -0.39 is 41.5 Å². The minimum Gasteiger partial charge on any atom is -0.462 e. The summed E-state index contributed by atoms with van der Waals surface area (Å²) in [4.78, 5) is 60.6. The molecule has 3 aromatic carbocycles. The fourth-order valence-electron chi connectivity index (χ4n) is 7.02. The zero-order valence-corrected chi connectivity index (χ0v) is 32.2. The van der Waals surface area contributed by atoms with E-state index in [9.17, 15) is 32.3 Å². The number of carbonyl (C=O) groups excluding carboxylic acids is 3. The van der Waals surface area contributed by atoms with Crippen molar-refractivity contribution in [3.05, 3.63) is 98.9 Å². The number of piperazine rings is 1. The molecule has 0 saturated carbocycles. The fraction of sp³-hybridized carbons (Fsp3) is 0.425. The average molecular weight is 812 g/mol. The second-order valence-corrected chi connectivity index (χ2v) is 14.5. The Morgan fingerprint density at radius 2 is 1.63 bits per heavy atom. The van der Waals surface area contributed by atoms with E-state index >= 15 is 0 Å². The molecule has 2 saturated heterocycles. The Morgan fingerprint density at radius 3 is 2.28 bits per heavy atom. The van der Waals surface area contributed by atoms with Gasteiger partial charge in [-0.1, -0.05) is 61.7 Å². The third-order valence-corrected chi connectivity index (χ3v) is 10.5. The number of H-pyrrole nitrogens is 1. The van der Waals surface area contributed by atoms with Crippen molar-refractivity contribution < 1.29 is 37.0 Å². The normalized spacial score (nSPS) is 15.7. The zero-order valence-electron chi connectivity index (χ0n) is 31.5. The molecule has 1 atom stereocenters. The molecule has 0 aliphatic carbocycles. The quantitative estimate of drug-likeness (QED) is 0.0918. The van der Waals surface area contributed by atoms with Crippen molar-refractivity contribution in [1.29, 1.82) is 0 Å². The van der Waals surface area contributed by atoms with Gasteiger partial charge in [0, 0.05) is 56.9 Å². The molecule has 13 nitrogen and oxygen atoms in total. The van der Waals surface area contributed by atoms with Crippen LogP contribution in [0.5, 0.6) is 0 Å². The van der Waals surface area contributed by atoms with E-state index in [1.54, 1.807) is 12.1 Å². The standard InChI is InChI=1S/C40H45ClF3N7O6/c1-2-3-7-22-56-37(53)28-10-12-29(13-11-28)48-18-20-49(21-19-48)36(52)33(25-26-23-31(40(42,43)44)34(45)32(41)24-26)57-39(55)50-16-14-30(15-17-50)51-38(54)46-35(47-51)27-8-5-4-6-9-27/h4-6,8-13,23-24,30,33H,2-3,7,14-22,25,45H2,1H3,(H,46,47,54)/t33-/m1/s1. The van der Waals surface area contributed by atoms with Gasteiger partial charge in [-0.05, 0) is 61.2 Å². The molecule has 0 radical (unpaired) electrons. The number of rotatable bonds is 12. The lowest BCUT2D eigenvalue weighted by Crippen LogP contribution is -2.53. The highest BCUT2D eigenvalue weighted by molar-refractivity contribution is 6.33. The van der Waals surface area contributed by atoms with Crippen LogP contribution in [0.1, 0.15) is 66.6 Å². The lowest BCUT2D eigenvalue weighted by Gasteiger charge is -2.38. The van der Waals surface area contributed by atoms with Crippen LogP contribution in [-0.2, 0) is 26.9 Å². The predicted molar refractivity (Wildman–Crippen MR) is 208 cm³/mol. The van der Waals surface area contributed by atoms with Gasteiger partial charge in [0.15, 0.2) is 11.9 Å². The van der Waals surface area contributed by atoms with Crippen molar-refractivity contribution >= 4 is 40.9 Å². The van der Waals surface area contributed by atoms with Crippen molar-refractivity contribution in [2.45, 2.75) is 63.8 Å². The number of benzene rings is 3. The maximum Gasteiger partial charge on any atom is 0.418 e. The van der Waals surface area contributed by atoms with Crippen LogP contribution in [0.4, 0.5) is 29.3 Å². The third-order valence-electron chi connectivity index (χ3n) is 10.2. The summed E-state index contributed by atoms with van der Waals surface area (Å²) in [6.07, 6.45) is -3.94. The molecule has 304 valence electrons. The van der Waals surface area contributed by atoms with Crippen LogP contribution in [0.3, 0.4) is 0 Å². The van der Waals surface area contributed by atoms with Crippen molar-refractivity contribution in [2.24, 2.45) is 0 Å². The Balaban J connectivity index is 1.12. The minimum absolute atomic E-state index is 0.0149. The minimum atomic E-state index is -4.81. The Hall–Kier alpha value is -5.51. The number of aromatic nitrogens is 3. The number of halogens is 4. The van der Waals surface area contributed by atoms with Gasteiger partial charge in [0.25, 0.3) is 5.91 Å². The molecule has 0 spiro atoms. The van der Waals surface area contributed by atoms with Crippen LogP contribution in [-0.4, -0.2) is 94.5 Å². The molecule has 2 aliphatic rings. The van der Waals surface area contributed by atoms with Gasteiger partial charge in [0.2, 0.25) is 0 Å². The lowest BCUT2D eigenvalue weighted by atomic mass is 10.0. The molecule has 0 bridgehead atoms. The summed E-state index contributed by atoms with van der Waals surface area (Å²) in [5.41, 5.74) is 5.51. The molecular weight excluding hydrogens is 767 g/mol. The summed E-state index contributed by atoms with van der Waals surface area (Å²) in [6.45, 7) is 4.09. The van der Waals surface area contributed by atoms with Crippen molar-refractivity contribution in [1.82, 2.24) is 24.6 Å². The zero-order chi connectivity index (χ0) is 40.7. The number of esters is 1. The van der Waals surface area contributed by atoms with Gasteiger partial charge in [-0.3, -0.25) is 9.78 Å². The van der Waals surface area contributed by atoms with Gasteiger partial charge in [-0.15, -0.1) is 5.10 Å². The summed E-state index contributed by atoms with van der Waals surface area (Å²) >= 11 is 6.11. The molecule has 57 heavy (non-hydrogen) atoms. The molecule has 1 aromatic heterocycles. The molecule has 0 unspecified atom stereocenters.